The Bertz CT molecular complexity index is 2310. The number of carbonyl (C=O) groups is 11. The molecule has 0 aliphatic rings. The van der Waals surface area contributed by atoms with E-state index in [1.165, 1.54) is 20.8 Å². The second-order valence-corrected chi connectivity index (χ2v) is 24.1. The molecular formula is C60H106N14O12. The summed E-state index contributed by atoms with van der Waals surface area (Å²) in [4.78, 5) is 150. The molecule has 0 saturated heterocycles. The highest BCUT2D eigenvalue weighted by atomic mass is 16.4. The second-order valence-electron chi connectivity index (χ2n) is 24.1. The number of amides is 10. The molecule has 26 heteroatoms. The van der Waals surface area contributed by atoms with Crippen molar-refractivity contribution in [3.63, 3.8) is 0 Å². The molecule has 0 heterocycles. The van der Waals surface area contributed by atoms with Crippen LogP contribution in [0.3, 0.4) is 0 Å². The number of aliphatic carboxylic acids is 1. The molecule has 0 unspecified atom stereocenters. The fourth-order valence-electron chi connectivity index (χ4n) is 9.17. The van der Waals surface area contributed by atoms with E-state index in [1.54, 1.807) is 0 Å². The second kappa shape index (κ2) is 41.3. The van der Waals surface area contributed by atoms with Gasteiger partial charge in [0.25, 0.3) is 0 Å². The molecule has 10 amide bonds. The van der Waals surface area contributed by atoms with Gasteiger partial charge >= 0.3 is 5.97 Å². The van der Waals surface area contributed by atoms with Crippen LogP contribution in [0.25, 0.3) is 0 Å². The van der Waals surface area contributed by atoms with Gasteiger partial charge in [0, 0.05) is 0 Å². The van der Waals surface area contributed by atoms with Crippen molar-refractivity contribution in [3.8, 4) is 0 Å². The summed E-state index contributed by atoms with van der Waals surface area (Å²) in [6, 6.07) is -3.68. The van der Waals surface area contributed by atoms with Crippen LogP contribution < -0.4 is 76.1 Å². The molecule has 0 radical (unpaired) electrons. The first-order valence-electron chi connectivity index (χ1n) is 30.6. The zero-order chi connectivity index (χ0) is 65.2. The summed E-state index contributed by atoms with van der Waals surface area (Å²) in [6.45, 7) is 19.8. The molecule has 0 fully saturated rings. The SMILES string of the molecule is CC(C)C[C@H](NC(=O)[C@H](CCCCN)NC(=O)[C@H](CCCCN)NC(=O)[C@H](C)NC(=O)[C@H](CC(C)C)NC(=O)[C@H](CCCCN)NC(=O)[C@H](CC(C)C)NC(=O)[C@H](C)NC(=O)[C@H](CC(C)C)NC(=O)[C@H](C)NC(=O)[C@@H](N)Cc1ccccc1)C(=O)O. The summed E-state index contributed by atoms with van der Waals surface area (Å²) in [5, 5.41) is 36.5. The average molecular weight is 1220 g/mol. The molecule has 0 aliphatic heterocycles. The lowest BCUT2D eigenvalue weighted by Crippen LogP contribution is -2.60. The Balaban J connectivity index is 3.29. The highest BCUT2D eigenvalue weighted by Crippen LogP contribution is 2.14. The fraction of sp³-hybridized carbons (Fsp3) is 0.717. The number of carbonyl (C=O) groups excluding carboxylic acids is 10. The van der Waals surface area contributed by atoms with E-state index in [0.717, 1.165) is 5.56 Å². The summed E-state index contributed by atoms with van der Waals surface area (Å²) in [5.74, 6) is -8.72. The molecule has 0 aliphatic carbocycles. The summed E-state index contributed by atoms with van der Waals surface area (Å²) in [5.41, 5.74) is 24.2. The summed E-state index contributed by atoms with van der Waals surface area (Å²) < 4.78 is 0. The van der Waals surface area contributed by atoms with E-state index in [4.69, 9.17) is 22.9 Å². The minimum absolute atomic E-state index is 0.0613. The van der Waals surface area contributed by atoms with Gasteiger partial charge in [0.2, 0.25) is 59.1 Å². The van der Waals surface area contributed by atoms with Crippen molar-refractivity contribution in [2.75, 3.05) is 19.6 Å². The van der Waals surface area contributed by atoms with Gasteiger partial charge in [-0.15, -0.1) is 0 Å². The number of benzene rings is 1. The quantitative estimate of drug-likeness (QED) is 0.0386. The van der Waals surface area contributed by atoms with E-state index >= 15 is 0 Å². The number of rotatable bonds is 43. The van der Waals surface area contributed by atoms with E-state index in [-0.39, 0.29) is 81.6 Å². The van der Waals surface area contributed by atoms with Crippen molar-refractivity contribution in [1.82, 2.24) is 53.2 Å². The maximum absolute atomic E-state index is 14.3. The van der Waals surface area contributed by atoms with Gasteiger partial charge in [-0.2, -0.15) is 0 Å². The predicted molar refractivity (Wildman–Crippen MR) is 329 cm³/mol. The number of hydrogen-bond donors (Lipinski definition) is 15. The molecule has 19 N–H and O–H groups in total. The first-order valence-corrected chi connectivity index (χ1v) is 30.6. The number of nitrogens with one attached hydrogen (secondary N) is 10. The van der Waals surface area contributed by atoms with Crippen LogP contribution in [-0.4, -0.2) is 156 Å². The number of unbranched alkanes of at least 4 members (excludes halogenated alkanes) is 3. The lowest BCUT2D eigenvalue weighted by molar-refractivity contribution is -0.143. The van der Waals surface area contributed by atoms with Crippen molar-refractivity contribution in [2.24, 2.45) is 46.6 Å². The van der Waals surface area contributed by atoms with Crippen molar-refractivity contribution >= 4 is 65.0 Å². The van der Waals surface area contributed by atoms with Gasteiger partial charge in [-0.05, 0) is 160 Å². The van der Waals surface area contributed by atoms with Gasteiger partial charge in [-0.3, -0.25) is 47.9 Å². The zero-order valence-corrected chi connectivity index (χ0v) is 52.8. The van der Waals surface area contributed by atoms with Crippen LogP contribution in [0.15, 0.2) is 30.3 Å². The minimum Gasteiger partial charge on any atom is -0.480 e. The van der Waals surface area contributed by atoms with Crippen LogP contribution in [0.5, 0.6) is 0 Å². The van der Waals surface area contributed by atoms with Gasteiger partial charge in [-0.25, -0.2) is 4.79 Å². The Morgan fingerprint density at radius 3 is 0.919 bits per heavy atom. The first kappa shape index (κ1) is 77.2. The molecule has 11 atom stereocenters. The van der Waals surface area contributed by atoms with Crippen molar-refractivity contribution in [2.45, 2.75) is 233 Å². The topological polar surface area (TPSA) is 432 Å². The third kappa shape index (κ3) is 31.0. The molecule has 86 heavy (non-hydrogen) atoms. The van der Waals surface area contributed by atoms with Gasteiger partial charge < -0.3 is 81.2 Å². The Hall–Kier alpha value is -6.77. The Kier molecular flexibility index (Phi) is 37.1. The predicted octanol–water partition coefficient (Wildman–Crippen LogP) is 0.120. The number of carboxylic acids is 1. The van der Waals surface area contributed by atoms with Crippen LogP contribution in [0.4, 0.5) is 0 Å². The molecule has 1 rings (SSSR count). The van der Waals surface area contributed by atoms with E-state index < -0.39 is 132 Å². The summed E-state index contributed by atoms with van der Waals surface area (Å²) in [7, 11) is 0. The van der Waals surface area contributed by atoms with E-state index in [2.05, 4.69) is 53.2 Å². The van der Waals surface area contributed by atoms with Gasteiger partial charge in [0.05, 0.1) is 6.04 Å². The molecule has 488 valence electrons. The van der Waals surface area contributed by atoms with E-state index in [1.807, 2.05) is 85.7 Å². The summed E-state index contributed by atoms with van der Waals surface area (Å²) in [6.07, 6.45) is 3.85. The maximum Gasteiger partial charge on any atom is 0.326 e. The third-order valence-corrected chi connectivity index (χ3v) is 14.0. The van der Waals surface area contributed by atoms with Crippen LogP contribution in [0.2, 0.25) is 0 Å². The van der Waals surface area contributed by atoms with Gasteiger partial charge in [-0.1, -0.05) is 85.7 Å². The van der Waals surface area contributed by atoms with Crippen molar-refractivity contribution < 1.29 is 57.8 Å². The first-order chi connectivity index (χ1) is 40.4. The number of carboxylic acid groups (broad SMARTS) is 1. The van der Waals surface area contributed by atoms with Crippen molar-refractivity contribution in [3.05, 3.63) is 35.9 Å². The monoisotopic (exact) mass is 1210 g/mol. The Morgan fingerprint density at radius 1 is 0.349 bits per heavy atom. The molecule has 1 aromatic carbocycles. The largest absolute Gasteiger partial charge is 0.480 e. The smallest absolute Gasteiger partial charge is 0.326 e. The molecule has 1 aromatic rings. The lowest BCUT2D eigenvalue weighted by atomic mass is 10.00. The van der Waals surface area contributed by atoms with Gasteiger partial charge in [0.1, 0.15) is 60.4 Å². The normalized spacial score (nSPS) is 15.2. The molecule has 0 saturated carbocycles. The summed E-state index contributed by atoms with van der Waals surface area (Å²) >= 11 is 0. The fourth-order valence-corrected chi connectivity index (χ4v) is 9.17. The molecular weight excluding hydrogens is 1110 g/mol. The van der Waals surface area contributed by atoms with Crippen LogP contribution in [0.1, 0.15) is 165 Å². The standard InChI is InChI=1S/C60H106N14O12/c1-34(2)29-46(71-51(76)38(9)65-53(78)42(64)33-41-21-13-12-14-22-41)57(82)67-40(11)52(77)72-48(31-36(5)6)59(84)70-44(24-16-19-27-62)55(80)73-47(30-35(3)4)58(83)66-39(10)50(75)68-43(23-15-18-26-61)54(79)69-45(25-17-20-28-63)56(81)74-49(60(85)86)32-37(7)8/h12-14,21-22,34-40,42-49H,15-20,23-33,61-64H2,1-11H3,(H,65,78)(H,66,83)(H,67,82)(H,68,75)(H,69,79)(H,70,84)(H,71,76)(H,72,77)(H,73,80)(H,74,81)(H,85,86)/t38-,39-,40-,42-,43-,44-,45-,46-,47-,48-,49-/m0/s1. The van der Waals surface area contributed by atoms with E-state index in [9.17, 15) is 57.8 Å². The lowest BCUT2D eigenvalue weighted by Gasteiger charge is -2.28. The Labute approximate surface area is 509 Å². The molecule has 0 bridgehead atoms. The highest BCUT2D eigenvalue weighted by Gasteiger charge is 2.35. The minimum atomic E-state index is -1.26. The van der Waals surface area contributed by atoms with E-state index in [0.29, 0.717) is 51.6 Å². The molecule has 26 nitrogen and oxygen atoms in total. The Morgan fingerprint density at radius 2 is 0.605 bits per heavy atom. The molecule has 0 spiro atoms. The number of hydrogen-bond acceptors (Lipinski definition) is 15. The van der Waals surface area contributed by atoms with Crippen LogP contribution >= 0.6 is 0 Å². The zero-order valence-electron chi connectivity index (χ0n) is 52.8. The van der Waals surface area contributed by atoms with Crippen molar-refractivity contribution in [1.29, 1.82) is 0 Å². The van der Waals surface area contributed by atoms with Crippen LogP contribution in [0, 0.1) is 23.7 Å². The van der Waals surface area contributed by atoms with Gasteiger partial charge in [0.15, 0.2) is 0 Å². The highest BCUT2D eigenvalue weighted by molar-refractivity contribution is 5.98. The number of nitrogens with two attached hydrogens (primary N) is 4. The van der Waals surface area contributed by atoms with Crippen LogP contribution in [-0.2, 0) is 59.2 Å². The average Bonchev–Trinajstić information content (AvgIpc) is 3.26. The third-order valence-electron chi connectivity index (χ3n) is 14.0. The molecule has 0 aromatic heterocycles. The maximum atomic E-state index is 14.3.